The molecule has 0 aliphatic heterocycles. The van der Waals surface area contributed by atoms with Gasteiger partial charge in [-0.05, 0) is 50.8 Å². The zero-order valence-corrected chi connectivity index (χ0v) is 11.1. The van der Waals surface area contributed by atoms with Crippen LogP contribution in [0.2, 0.25) is 0 Å². The number of nitrogens with one attached hydrogen (secondary N) is 1. The monoisotopic (exact) mass is 219 g/mol. The van der Waals surface area contributed by atoms with Crippen LogP contribution in [0.1, 0.15) is 44.2 Å². The van der Waals surface area contributed by atoms with Gasteiger partial charge in [0.15, 0.2) is 0 Å². The predicted octanol–water partition coefficient (Wildman–Crippen LogP) is 3.66. The van der Waals surface area contributed by atoms with E-state index in [1.165, 1.54) is 24.8 Å². The Labute approximate surface area is 100 Å². The molecule has 1 aromatic carbocycles. The van der Waals surface area contributed by atoms with Gasteiger partial charge in [-0.25, -0.2) is 0 Å². The van der Waals surface area contributed by atoms with E-state index in [0.29, 0.717) is 5.41 Å². The van der Waals surface area contributed by atoms with Crippen LogP contribution in [-0.4, -0.2) is 13.6 Å². The van der Waals surface area contributed by atoms with E-state index in [-0.39, 0.29) is 0 Å². The first-order valence-electron chi connectivity index (χ1n) is 6.49. The number of rotatable bonds is 4. The van der Waals surface area contributed by atoms with Crippen molar-refractivity contribution in [1.82, 2.24) is 5.32 Å². The molecular formula is C15H25N. The maximum atomic E-state index is 3.24. The summed E-state index contributed by atoms with van der Waals surface area (Å²) in [6.45, 7) is 7.28. The molecule has 0 aromatic heterocycles. The molecule has 0 heterocycles. The van der Waals surface area contributed by atoms with Crippen LogP contribution in [0.4, 0.5) is 0 Å². The standard InChI is InChI=1S/C13H19N.C2H6/c1-11-3-5-12(6-4-11)13(7-8-13)9-10-14-2;1-2/h3-6,14H,7-10H2,1-2H3;1-2H3. The van der Waals surface area contributed by atoms with Gasteiger partial charge >= 0.3 is 0 Å². The lowest BCUT2D eigenvalue weighted by atomic mass is 9.92. The van der Waals surface area contributed by atoms with Gasteiger partial charge in [0.25, 0.3) is 0 Å². The van der Waals surface area contributed by atoms with Gasteiger partial charge in [0.2, 0.25) is 0 Å². The maximum absolute atomic E-state index is 3.24. The van der Waals surface area contributed by atoms with Gasteiger partial charge in [-0.1, -0.05) is 43.7 Å². The molecule has 2 rings (SSSR count). The van der Waals surface area contributed by atoms with Gasteiger partial charge in [-0.3, -0.25) is 0 Å². The second kappa shape index (κ2) is 6.05. The third-order valence-electron chi connectivity index (χ3n) is 3.37. The first-order valence-corrected chi connectivity index (χ1v) is 6.49. The third kappa shape index (κ3) is 3.08. The minimum absolute atomic E-state index is 0.525. The summed E-state index contributed by atoms with van der Waals surface area (Å²) in [5.74, 6) is 0. The van der Waals surface area contributed by atoms with Crippen molar-refractivity contribution in [2.45, 2.75) is 45.4 Å². The fourth-order valence-electron chi connectivity index (χ4n) is 2.11. The highest BCUT2D eigenvalue weighted by Crippen LogP contribution is 2.50. The van der Waals surface area contributed by atoms with Crippen molar-refractivity contribution in [3.63, 3.8) is 0 Å². The lowest BCUT2D eigenvalue weighted by Crippen LogP contribution is -2.16. The minimum Gasteiger partial charge on any atom is -0.320 e. The average molecular weight is 219 g/mol. The van der Waals surface area contributed by atoms with Crippen molar-refractivity contribution in [2.75, 3.05) is 13.6 Å². The highest BCUT2D eigenvalue weighted by molar-refractivity contribution is 5.33. The largest absolute Gasteiger partial charge is 0.320 e. The molecular weight excluding hydrogens is 194 g/mol. The van der Waals surface area contributed by atoms with E-state index < -0.39 is 0 Å². The summed E-state index contributed by atoms with van der Waals surface area (Å²) in [6.07, 6.45) is 4.03. The molecule has 1 fully saturated rings. The van der Waals surface area contributed by atoms with Crippen molar-refractivity contribution in [2.24, 2.45) is 0 Å². The van der Waals surface area contributed by atoms with E-state index in [0.717, 1.165) is 6.54 Å². The number of aryl methyl sites for hydroxylation is 1. The normalized spacial score (nSPS) is 16.2. The SMILES string of the molecule is CC.CNCCC1(c2ccc(C)cc2)CC1. The van der Waals surface area contributed by atoms with Crippen LogP contribution >= 0.6 is 0 Å². The maximum Gasteiger partial charge on any atom is -0.00343 e. The molecule has 0 amide bonds. The molecule has 1 aromatic rings. The van der Waals surface area contributed by atoms with Crippen LogP contribution in [0, 0.1) is 6.92 Å². The third-order valence-corrected chi connectivity index (χ3v) is 3.37. The van der Waals surface area contributed by atoms with E-state index in [1.807, 2.05) is 20.9 Å². The summed E-state index contributed by atoms with van der Waals surface area (Å²) in [6, 6.07) is 9.07. The summed E-state index contributed by atoms with van der Waals surface area (Å²) >= 11 is 0. The van der Waals surface area contributed by atoms with E-state index in [9.17, 15) is 0 Å². The Morgan fingerprint density at radius 1 is 1.12 bits per heavy atom. The Morgan fingerprint density at radius 3 is 2.12 bits per heavy atom. The van der Waals surface area contributed by atoms with Crippen LogP contribution in [0.25, 0.3) is 0 Å². The topological polar surface area (TPSA) is 12.0 Å². The summed E-state index contributed by atoms with van der Waals surface area (Å²) in [7, 11) is 2.03. The van der Waals surface area contributed by atoms with E-state index >= 15 is 0 Å². The number of benzene rings is 1. The first-order chi connectivity index (χ1) is 7.77. The Kier molecular flexibility index (Phi) is 5.01. The molecule has 1 N–H and O–H groups in total. The Balaban J connectivity index is 0.000000606. The molecule has 1 heteroatoms. The van der Waals surface area contributed by atoms with Gasteiger partial charge in [0, 0.05) is 0 Å². The quantitative estimate of drug-likeness (QED) is 0.815. The Morgan fingerprint density at radius 2 is 1.69 bits per heavy atom. The second-order valence-electron chi connectivity index (χ2n) is 4.50. The molecule has 0 unspecified atom stereocenters. The smallest absolute Gasteiger partial charge is 0.00343 e. The summed E-state index contributed by atoms with van der Waals surface area (Å²) in [5, 5.41) is 3.24. The fourth-order valence-corrected chi connectivity index (χ4v) is 2.11. The average Bonchev–Trinajstić information content (AvgIpc) is 3.11. The molecule has 1 saturated carbocycles. The molecule has 0 bridgehead atoms. The minimum atomic E-state index is 0.525. The van der Waals surface area contributed by atoms with E-state index in [2.05, 4.69) is 36.5 Å². The van der Waals surface area contributed by atoms with Crippen molar-refractivity contribution in [1.29, 1.82) is 0 Å². The van der Waals surface area contributed by atoms with Gasteiger partial charge in [-0.15, -0.1) is 0 Å². The Bertz CT molecular complexity index is 296. The lowest BCUT2D eigenvalue weighted by molar-refractivity contribution is 0.588. The molecule has 0 radical (unpaired) electrons. The van der Waals surface area contributed by atoms with E-state index in [4.69, 9.17) is 0 Å². The molecule has 0 atom stereocenters. The summed E-state index contributed by atoms with van der Waals surface area (Å²) < 4.78 is 0. The van der Waals surface area contributed by atoms with Crippen LogP contribution < -0.4 is 5.32 Å². The van der Waals surface area contributed by atoms with Crippen molar-refractivity contribution < 1.29 is 0 Å². The van der Waals surface area contributed by atoms with Crippen LogP contribution in [0.15, 0.2) is 24.3 Å². The highest BCUT2D eigenvalue weighted by atomic mass is 14.8. The molecule has 1 nitrogen and oxygen atoms in total. The summed E-state index contributed by atoms with van der Waals surface area (Å²) in [4.78, 5) is 0. The van der Waals surface area contributed by atoms with Gasteiger partial charge < -0.3 is 5.32 Å². The van der Waals surface area contributed by atoms with Crippen molar-refractivity contribution in [3.8, 4) is 0 Å². The van der Waals surface area contributed by atoms with Crippen molar-refractivity contribution in [3.05, 3.63) is 35.4 Å². The van der Waals surface area contributed by atoms with E-state index in [1.54, 1.807) is 5.56 Å². The number of hydrogen-bond donors (Lipinski definition) is 1. The molecule has 0 saturated heterocycles. The van der Waals surface area contributed by atoms with Gasteiger partial charge in [-0.2, -0.15) is 0 Å². The molecule has 0 spiro atoms. The van der Waals surface area contributed by atoms with Crippen molar-refractivity contribution >= 4 is 0 Å². The fraction of sp³-hybridized carbons (Fsp3) is 0.600. The van der Waals surface area contributed by atoms with Crippen LogP contribution in [0.3, 0.4) is 0 Å². The van der Waals surface area contributed by atoms with Crippen LogP contribution in [0.5, 0.6) is 0 Å². The second-order valence-corrected chi connectivity index (χ2v) is 4.50. The number of hydrogen-bond acceptors (Lipinski definition) is 1. The summed E-state index contributed by atoms with van der Waals surface area (Å²) in [5.41, 5.74) is 3.42. The Hall–Kier alpha value is -0.820. The van der Waals surface area contributed by atoms with Gasteiger partial charge in [0.1, 0.15) is 0 Å². The molecule has 90 valence electrons. The molecule has 16 heavy (non-hydrogen) atoms. The lowest BCUT2D eigenvalue weighted by Gasteiger charge is -2.15. The zero-order chi connectivity index (χ0) is 12.0. The molecule has 1 aliphatic rings. The predicted molar refractivity (Wildman–Crippen MR) is 72.0 cm³/mol. The first kappa shape index (κ1) is 13.2. The zero-order valence-electron chi connectivity index (χ0n) is 11.1. The van der Waals surface area contributed by atoms with Crippen LogP contribution in [-0.2, 0) is 5.41 Å². The molecule has 1 aliphatic carbocycles. The van der Waals surface area contributed by atoms with Gasteiger partial charge in [0.05, 0.1) is 0 Å². The highest BCUT2D eigenvalue weighted by Gasteiger charge is 2.43.